The molecule has 1 unspecified atom stereocenters. The monoisotopic (exact) mass is 607 g/mol. The molecule has 0 saturated carbocycles. The highest BCUT2D eigenvalue weighted by atomic mass is 32.2. The van der Waals surface area contributed by atoms with E-state index in [0.717, 1.165) is 12.1 Å². The molecule has 3 amide bonds. The first kappa shape index (κ1) is 31.8. The van der Waals surface area contributed by atoms with Gasteiger partial charge < -0.3 is 19.8 Å². The molecule has 4 aliphatic heterocycles. The van der Waals surface area contributed by atoms with Crippen LogP contribution in [-0.4, -0.2) is 79.4 Å². The smallest absolute Gasteiger partial charge is 0.247 e. The minimum atomic E-state index is -0.940. The molecule has 1 N–H and O–H groups in total. The standard InChI is InChI=1S/C35H49N3O4S/c1-23(2)20-25(21-39)38-28-31(42)37(33(6,7)22-32(3,4)5)19-13-17-35(28)27(30(38)41)26-29(40)36(24-14-10-9-11-15-24)18-12-16-34(26,8)43-35/h9-17,23,25-28,39H,18-22H2,1-8H3/t25-,26+,27+,28?,34-,35+/m1/s1. The van der Waals surface area contributed by atoms with Gasteiger partial charge in [0.05, 0.1) is 29.2 Å². The number of aliphatic hydroxyl groups is 1. The van der Waals surface area contributed by atoms with Gasteiger partial charge in [-0.25, -0.2) is 0 Å². The van der Waals surface area contributed by atoms with E-state index in [9.17, 15) is 19.5 Å². The summed E-state index contributed by atoms with van der Waals surface area (Å²) in [5.41, 5.74) is 0.307. The molecule has 2 saturated heterocycles. The molecule has 2 fully saturated rings. The van der Waals surface area contributed by atoms with Gasteiger partial charge in [-0.15, -0.1) is 11.8 Å². The number of fused-ring (bicyclic) bond motifs is 2. The Hall–Kier alpha value is -2.58. The van der Waals surface area contributed by atoms with Crippen LogP contribution in [0.5, 0.6) is 0 Å². The summed E-state index contributed by atoms with van der Waals surface area (Å²) in [4.78, 5) is 49.9. The summed E-state index contributed by atoms with van der Waals surface area (Å²) in [6.07, 6.45) is 9.60. The topological polar surface area (TPSA) is 81.2 Å². The minimum absolute atomic E-state index is 0.0165. The fraction of sp³-hybridized carbons (Fsp3) is 0.629. The lowest BCUT2D eigenvalue weighted by Crippen LogP contribution is -2.60. The van der Waals surface area contributed by atoms with Gasteiger partial charge in [-0.1, -0.05) is 77.1 Å². The Kier molecular flexibility index (Phi) is 8.21. The van der Waals surface area contributed by atoms with Crippen LogP contribution in [0.3, 0.4) is 0 Å². The van der Waals surface area contributed by atoms with Crippen molar-refractivity contribution in [1.82, 2.24) is 9.80 Å². The largest absolute Gasteiger partial charge is 0.394 e. The Morgan fingerprint density at radius 3 is 2.19 bits per heavy atom. The Balaban J connectivity index is 1.66. The number of nitrogens with zero attached hydrogens (tertiary/aromatic N) is 3. The fourth-order valence-electron chi connectivity index (χ4n) is 8.45. The van der Waals surface area contributed by atoms with Gasteiger partial charge >= 0.3 is 0 Å². The van der Waals surface area contributed by atoms with Crippen LogP contribution >= 0.6 is 11.8 Å². The number of rotatable bonds is 7. The van der Waals surface area contributed by atoms with Gasteiger partial charge in [0.2, 0.25) is 17.7 Å². The lowest BCUT2D eigenvalue weighted by atomic mass is 9.74. The second-order valence-corrected chi connectivity index (χ2v) is 17.1. The predicted molar refractivity (Wildman–Crippen MR) is 174 cm³/mol. The molecule has 4 heterocycles. The molecular formula is C35H49N3O4S. The van der Waals surface area contributed by atoms with E-state index in [1.165, 1.54) is 0 Å². The quantitative estimate of drug-likeness (QED) is 0.426. The summed E-state index contributed by atoms with van der Waals surface area (Å²) in [5, 5.41) is 10.7. The Labute approximate surface area is 261 Å². The summed E-state index contributed by atoms with van der Waals surface area (Å²) in [6.45, 7) is 17.6. The molecule has 234 valence electrons. The molecule has 0 aliphatic carbocycles. The van der Waals surface area contributed by atoms with E-state index in [2.05, 4.69) is 67.5 Å². The molecule has 4 aliphatic rings. The number of para-hydroxylation sites is 1. The van der Waals surface area contributed by atoms with Gasteiger partial charge in [0.25, 0.3) is 0 Å². The van der Waals surface area contributed by atoms with E-state index in [4.69, 9.17) is 0 Å². The van der Waals surface area contributed by atoms with Crippen LogP contribution in [0.4, 0.5) is 5.69 Å². The van der Waals surface area contributed by atoms with E-state index in [1.54, 1.807) is 21.6 Å². The van der Waals surface area contributed by atoms with Crippen LogP contribution in [0.1, 0.15) is 68.2 Å². The van der Waals surface area contributed by atoms with Crippen LogP contribution in [-0.2, 0) is 14.4 Å². The number of carbonyl (C=O) groups is 3. The van der Waals surface area contributed by atoms with Crippen LogP contribution in [0.15, 0.2) is 54.6 Å². The van der Waals surface area contributed by atoms with Crippen molar-refractivity contribution < 1.29 is 19.5 Å². The molecule has 6 atom stereocenters. The number of aliphatic hydroxyl groups excluding tert-OH is 1. The minimum Gasteiger partial charge on any atom is -0.394 e. The number of carbonyl (C=O) groups excluding carboxylic acids is 3. The van der Waals surface area contributed by atoms with E-state index < -0.39 is 39.0 Å². The molecule has 8 heteroatoms. The Morgan fingerprint density at radius 1 is 0.930 bits per heavy atom. The SMILES string of the molecule is CC(C)C[C@H](CO)N1C(=O)[C@@H]2[C@H]3C(=O)N(c4ccccc4)CC=C[C@@]3(C)S[C@@]23C=CCN(C(C)(C)CC(C)(C)C)C(=O)C13. The number of amides is 3. The highest BCUT2D eigenvalue weighted by Gasteiger charge is 2.74. The van der Waals surface area contributed by atoms with Gasteiger partial charge in [0.15, 0.2) is 0 Å². The highest BCUT2D eigenvalue weighted by molar-refractivity contribution is 8.02. The van der Waals surface area contributed by atoms with Crippen molar-refractivity contribution in [3.05, 3.63) is 54.6 Å². The van der Waals surface area contributed by atoms with E-state index in [0.29, 0.717) is 19.5 Å². The summed E-state index contributed by atoms with van der Waals surface area (Å²) >= 11 is 1.60. The van der Waals surface area contributed by atoms with Crippen LogP contribution in [0.25, 0.3) is 0 Å². The fourth-order valence-corrected chi connectivity index (χ4v) is 10.6. The van der Waals surface area contributed by atoms with E-state index in [1.807, 2.05) is 47.4 Å². The Bertz CT molecular complexity index is 1320. The van der Waals surface area contributed by atoms with Crippen molar-refractivity contribution in [2.45, 2.75) is 95.3 Å². The van der Waals surface area contributed by atoms with Gasteiger partial charge in [0, 0.05) is 29.1 Å². The maximum atomic E-state index is 15.0. The van der Waals surface area contributed by atoms with Crippen LogP contribution < -0.4 is 4.90 Å². The van der Waals surface area contributed by atoms with E-state index >= 15 is 0 Å². The summed E-state index contributed by atoms with van der Waals surface area (Å²) in [7, 11) is 0. The van der Waals surface area contributed by atoms with Gasteiger partial charge in [-0.05, 0) is 57.1 Å². The second-order valence-electron chi connectivity index (χ2n) is 15.3. The first-order chi connectivity index (χ1) is 20.1. The zero-order chi connectivity index (χ0) is 31.5. The van der Waals surface area contributed by atoms with Crippen molar-refractivity contribution in [1.29, 1.82) is 0 Å². The lowest BCUT2D eigenvalue weighted by Gasteiger charge is -2.46. The molecule has 1 spiro atoms. The number of likely N-dealkylation sites (tertiary alicyclic amines) is 1. The zero-order valence-electron chi connectivity index (χ0n) is 27.0. The van der Waals surface area contributed by atoms with Crippen molar-refractivity contribution in [3.8, 4) is 0 Å². The van der Waals surface area contributed by atoms with Crippen LogP contribution in [0, 0.1) is 23.2 Å². The Morgan fingerprint density at radius 2 is 1.58 bits per heavy atom. The molecular weight excluding hydrogens is 558 g/mol. The maximum Gasteiger partial charge on any atom is 0.247 e. The van der Waals surface area contributed by atoms with E-state index in [-0.39, 0.29) is 35.7 Å². The summed E-state index contributed by atoms with van der Waals surface area (Å²) in [6, 6.07) is 8.26. The molecule has 1 aromatic rings. The zero-order valence-corrected chi connectivity index (χ0v) is 27.9. The molecule has 5 rings (SSSR count). The number of hydrogen-bond donors (Lipinski definition) is 1. The van der Waals surface area contributed by atoms with Gasteiger partial charge in [-0.3, -0.25) is 14.4 Å². The number of benzene rings is 1. The van der Waals surface area contributed by atoms with Crippen molar-refractivity contribution in [2.24, 2.45) is 23.2 Å². The normalized spacial score (nSPS) is 31.7. The molecule has 7 nitrogen and oxygen atoms in total. The number of thioether (sulfide) groups is 1. The van der Waals surface area contributed by atoms with Gasteiger partial charge in [-0.2, -0.15) is 0 Å². The maximum absolute atomic E-state index is 15.0. The third kappa shape index (κ3) is 5.37. The highest BCUT2D eigenvalue weighted by Crippen LogP contribution is 2.66. The molecule has 0 radical (unpaired) electrons. The first-order valence-electron chi connectivity index (χ1n) is 15.7. The summed E-state index contributed by atoms with van der Waals surface area (Å²) < 4.78 is -1.62. The average Bonchev–Trinajstić information content (AvgIpc) is 3.17. The van der Waals surface area contributed by atoms with Crippen molar-refractivity contribution >= 4 is 35.2 Å². The summed E-state index contributed by atoms with van der Waals surface area (Å²) in [5.74, 6) is -1.58. The molecule has 1 aromatic carbocycles. The lowest BCUT2D eigenvalue weighted by molar-refractivity contribution is -0.149. The molecule has 0 aromatic heterocycles. The number of hydrogen-bond acceptors (Lipinski definition) is 5. The predicted octanol–water partition coefficient (Wildman–Crippen LogP) is 5.30. The number of anilines is 1. The van der Waals surface area contributed by atoms with Crippen LogP contribution in [0.2, 0.25) is 0 Å². The third-order valence-corrected chi connectivity index (χ3v) is 11.4. The van der Waals surface area contributed by atoms with Gasteiger partial charge in [0.1, 0.15) is 6.04 Å². The third-order valence-electron chi connectivity index (χ3n) is 9.60. The van der Waals surface area contributed by atoms with Crippen molar-refractivity contribution in [2.75, 3.05) is 24.6 Å². The second kappa shape index (κ2) is 11.1. The van der Waals surface area contributed by atoms with Crippen molar-refractivity contribution in [3.63, 3.8) is 0 Å². The average molecular weight is 608 g/mol. The molecule has 43 heavy (non-hydrogen) atoms. The molecule has 0 bridgehead atoms. The first-order valence-corrected chi connectivity index (χ1v) is 16.5.